The number of methoxy groups -OCH3 is 1. The normalized spacial score (nSPS) is 24.0. The maximum atomic E-state index is 5.48. The van der Waals surface area contributed by atoms with Crippen LogP contribution in [-0.4, -0.2) is 44.2 Å². The number of para-hydroxylation sites is 1. The van der Waals surface area contributed by atoms with Gasteiger partial charge in [-0.05, 0) is 58.3 Å². The number of likely N-dealkylation sites (N-methyl/N-ethyl adjacent to an activating group) is 1. The van der Waals surface area contributed by atoms with E-state index in [1.807, 2.05) is 6.07 Å². The molecule has 3 atom stereocenters. The van der Waals surface area contributed by atoms with E-state index in [0.717, 1.165) is 12.2 Å². The van der Waals surface area contributed by atoms with Gasteiger partial charge in [-0.1, -0.05) is 24.6 Å². The molecule has 1 saturated carbocycles. The summed E-state index contributed by atoms with van der Waals surface area (Å²) in [5.74, 6) is 1.01. The highest BCUT2D eigenvalue weighted by Crippen LogP contribution is 2.26. The second kappa shape index (κ2) is 7.81. The second-order valence-electron chi connectivity index (χ2n) is 6.34. The zero-order valence-corrected chi connectivity index (χ0v) is 13.9. The monoisotopic (exact) mass is 290 g/mol. The Morgan fingerprint density at radius 2 is 2.10 bits per heavy atom. The van der Waals surface area contributed by atoms with Crippen molar-refractivity contribution in [3.8, 4) is 5.75 Å². The van der Waals surface area contributed by atoms with Crippen LogP contribution in [0.1, 0.15) is 38.2 Å². The lowest BCUT2D eigenvalue weighted by atomic mass is 9.89. The van der Waals surface area contributed by atoms with Crippen molar-refractivity contribution in [2.75, 3.05) is 21.2 Å². The smallest absolute Gasteiger partial charge is 0.122 e. The van der Waals surface area contributed by atoms with Gasteiger partial charge in [0.2, 0.25) is 0 Å². The fraction of sp³-hybridized carbons (Fsp3) is 0.667. The molecule has 1 aromatic rings. The van der Waals surface area contributed by atoms with Gasteiger partial charge in [0, 0.05) is 18.1 Å². The van der Waals surface area contributed by atoms with Crippen molar-refractivity contribution in [1.29, 1.82) is 0 Å². The molecule has 2 rings (SSSR count). The van der Waals surface area contributed by atoms with Crippen molar-refractivity contribution in [3.63, 3.8) is 0 Å². The first-order valence-electron chi connectivity index (χ1n) is 8.16. The Kier molecular flexibility index (Phi) is 6.07. The third kappa shape index (κ3) is 4.21. The van der Waals surface area contributed by atoms with Gasteiger partial charge >= 0.3 is 0 Å². The summed E-state index contributed by atoms with van der Waals surface area (Å²) in [6.45, 7) is 2.33. The van der Waals surface area contributed by atoms with E-state index < -0.39 is 0 Å². The van der Waals surface area contributed by atoms with Crippen LogP contribution in [0.25, 0.3) is 0 Å². The van der Waals surface area contributed by atoms with Crippen LogP contribution < -0.4 is 10.1 Å². The Bertz CT molecular complexity index is 435. The Morgan fingerprint density at radius 1 is 1.33 bits per heavy atom. The van der Waals surface area contributed by atoms with Gasteiger partial charge in [-0.25, -0.2) is 0 Å². The van der Waals surface area contributed by atoms with Gasteiger partial charge in [-0.2, -0.15) is 0 Å². The van der Waals surface area contributed by atoms with Crippen molar-refractivity contribution < 1.29 is 4.74 Å². The molecule has 1 N–H and O–H groups in total. The van der Waals surface area contributed by atoms with Crippen molar-refractivity contribution >= 4 is 0 Å². The zero-order chi connectivity index (χ0) is 15.2. The molecule has 0 aliphatic heterocycles. The Labute approximate surface area is 129 Å². The van der Waals surface area contributed by atoms with Crippen LogP contribution in [0.2, 0.25) is 0 Å². The fourth-order valence-corrected chi connectivity index (χ4v) is 3.49. The van der Waals surface area contributed by atoms with Crippen LogP contribution in [0.3, 0.4) is 0 Å². The van der Waals surface area contributed by atoms with Crippen molar-refractivity contribution in [2.45, 2.75) is 57.2 Å². The molecule has 0 amide bonds. The molecule has 3 nitrogen and oxygen atoms in total. The van der Waals surface area contributed by atoms with Gasteiger partial charge in [-0.15, -0.1) is 0 Å². The topological polar surface area (TPSA) is 24.5 Å². The molecule has 0 bridgehead atoms. The van der Waals surface area contributed by atoms with Crippen molar-refractivity contribution in [1.82, 2.24) is 10.2 Å². The maximum absolute atomic E-state index is 5.48. The molecule has 1 aromatic carbocycles. The molecule has 0 heterocycles. The number of rotatable bonds is 6. The standard InChI is InChI=1S/C18H30N2O/c1-14(12-15-8-5-6-11-18(15)21-4)20(3)17-10-7-9-16(13-17)19-2/h5-6,8,11,14,16-17,19H,7,9-10,12-13H2,1-4H3. The number of hydrogen-bond donors (Lipinski definition) is 1. The molecule has 1 aliphatic rings. The molecule has 0 saturated heterocycles. The first-order chi connectivity index (χ1) is 10.2. The Hall–Kier alpha value is -1.06. The third-order valence-corrected chi connectivity index (χ3v) is 5.03. The molecule has 0 aromatic heterocycles. The van der Waals surface area contributed by atoms with E-state index in [-0.39, 0.29) is 0 Å². The number of nitrogens with one attached hydrogen (secondary N) is 1. The summed E-state index contributed by atoms with van der Waals surface area (Å²) < 4.78 is 5.48. The molecular weight excluding hydrogens is 260 g/mol. The van der Waals surface area contributed by atoms with Gasteiger partial charge in [0.25, 0.3) is 0 Å². The second-order valence-corrected chi connectivity index (χ2v) is 6.34. The predicted octanol–water partition coefficient (Wildman–Crippen LogP) is 3.09. The van der Waals surface area contributed by atoms with Gasteiger partial charge in [0.15, 0.2) is 0 Å². The summed E-state index contributed by atoms with van der Waals surface area (Å²) in [5, 5.41) is 3.45. The highest BCUT2D eigenvalue weighted by molar-refractivity contribution is 5.33. The average molecular weight is 290 g/mol. The number of ether oxygens (including phenoxy) is 1. The minimum absolute atomic E-state index is 0.530. The summed E-state index contributed by atoms with van der Waals surface area (Å²) >= 11 is 0. The highest BCUT2D eigenvalue weighted by atomic mass is 16.5. The summed E-state index contributed by atoms with van der Waals surface area (Å²) in [6, 6.07) is 10.3. The number of nitrogens with zero attached hydrogens (tertiary/aromatic N) is 1. The first-order valence-corrected chi connectivity index (χ1v) is 8.16. The minimum atomic E-state index is 0.530. The zero-order valence-electron chi connectivity index (χ0n) is 13.9. The SMILES string of the molecule is CNC1CCCC(N(C)C(C)Cc2ccccc2OC)C1. The number of benzene rings is 1. The minimum Gasteiger partial charge on any atom is -0.496 e. The molecule has 1 fully saturated rings. The summed E-state index contributed by atoms with van der Waals surface area (Å²) in [4.78, 5) is 2.57. The molecule has 3 unspecified atom stereocenters. The lowest BCUT2D eigenvalue weighted by Crippen LogP contribution is -2.45. The quantitative estimate of drug-likeness (QED) is 0.871. The summed E-state index contributed by atoms with van der Waals surface area (Å²) in [5.41, 5.74) is 1.31. The van der Waals surface area contributed by atoms with Gasteiger partial charge in [0.1, 0.15) is 5.75 Å². The van der Waals surface area contributed by atoms with E-state index in [2.05, 4.69) is 49.4 Å². The lowest BCUT2D eigenvalue weighted by molar-refractivity contribution is 0.131. The predicted molar refractivity (Wildman–Crippen MR) is 89.0 cm³/mol. The van der Waals surface area contributed by atoms with Crippen LogP contribution in [-0.2, 0) is 6.42 Å². The molecule has 118 valence electrons. The van der Waals surface area contributed by atoms with Crippen LogP contribution in [0, 0.1) is 0 Å². The van der Waals surface area contributed by atoms with E-state index in [0.29, 0.717) is 18.1 Å². The molecule has 3 heteroatoms. The first kappa shape index (κ1) is 16.3. The van der Waals surface area contributed by atoms with Gasteiger partial charge in [0.05, 0.1) is 7.11 Å². The van der Waals surface area contributed by atoms with E-state index in [9.17, 15) is 0 Å². The van der Waals surface area contributed by atoms with Crippen LogP contribution in [0.4, 0.5) is 0 Å². The van der Waals surface area contributed by atoms with E-state index in [4.69, 9.17) is 4.74 Å². The van der Waals surface area contributed by atoms with Crippen molar-refractivity contribution in [2.24, 2.45) is 0 Å². The molecular formula is C18H30N2O. The van der Waals surface area contributed by atoms with Crippen LogP contribution in [0.5, 0.6) is 5.75 Å². The van der Waals surface area contributed by atoms with Crippen LogP contribution >= 0.6 is 0 Å². The van der Waals surface area contributed by atoms with E-state index >= 15 is 0 Å². The Morgan fingerprint density at radius 3 is 2.81 bits per heavy atom. The largest absolute Gasteiger partial charge is 0.496 e. The molecule has 21 heavy (non-hydrogen) atoms. The highest BCUT2D eigenvalue weighted by Gasteiger charge is 2.26. The third-order valence-electron chi connectivity index (χ3n) is 5.03. The fourth-order valence-electron chi connectivity index (χ4n) is 3.49. The van der Waals surface area contributed by atoms with E-state index in [1.165, 1.54) is 31.2 Å². The summed E-state index contributed by atoms with van der Waals surface area (Å²) in [6.07, 6.45) is 6.29. The molecule has 0 spiro atoms. The Balaban J connectivity index is 1.97. The maximum Gasteiger partial charge on any atom is 0.122 e. The van der Waals surface area contributed by atoms with Gasteiger partial charge in [-0.3, -0.25) is 0 Å². The molecule has 1 aliphatic carbocycles. The van der Waals surface area contributed by atoms with E-state index in [1.54, 1.807) is 7.11 Å². The average Bonchev–Trinajstić information content (AvgIpc) is 2.54. The van der Waals surface area contributed by atoms with Crippen LogP contribution in [0.15, 0.2) is 24.3 Å². The number of hydrogen-bond acceptors (Lipinski definition) is 3. The summed E-state index contributed by atoms with van der Waals surface area (Å²) in [7, 11) is 6.12. The lowest BCUT2D eigenvalue weighted by Gasteiger charge is -2.38. The van der Waals surface area contributed by atoms with Crippen molar-refractivity contribution in [3.05, 3.63) is 29.8 Å². The molecule has 0 radical (unpaired) electrons. The van der Waals surface area contributed by atoms with Gasteiger partial charge < -0.3 is 15.0 Å².